The van der Waals surface area contributed by atoms with E-state index in [4.69, 9.17) is 23.8 Å². The van der Waals surface area contributed by atoms with E-state index < -0.39 is 0 Å². The summed E-state index contributed by atoms with van der Waals surface area (Å²) >= 11 is 11.3. The van der Waals surface area contributed by atoms with Gasteiger partial charge in [-0.3, -0.25) is 4.68 Å². The van der Waals surface area contributed by atoms with Crippen LogP contribution in [-0.4, -0.2) is 21.4 Å². The molecule has 2 rings (SSSR count). The quantitative estimate of drug-likeness (QED) is 0.815. The minimum absolute atomic E-state index is 0.258. The van der Waals surface area contributed by atoms with E-state index in [1.807, 2.05) is 0 Å². The first-order valence-corrected chi connectivity index (χ1v) is 7.75. The van der Waals surface area contributed by atoms with Crippen LogP contribution in [0.25, 0.3) is 0 Å². The Bertz CT molecular complexity index is 639. The molecular formula is C15H18ClFN4S. The number of hydrogen-bond donors (Lipinski definition) is 2. The molecule has 4 nitrogen and oxygen atoms in total. The van der Waals surface area contributed by atoms with Crippen molar-refractivity contribution in [2.24, 2.45) is 5.92 Å². The summed E-state index contributed by atoms with van der Waals surface area (Å²) in [5.41, 5.74) is 0.938. The summed E-state index contributed by atoms with van der Waals surface area (Å²) < 4.78 is 14.6. The Morgan fingerprint density at radius 3 is 2.68 bits per heavy atom. The van der Waals surface area contributed by atoms with E-state index in [2.05, 4.69) is 29.6 Å². The minimum Gasteiger partial charge on any atom is -0.362 e. The SMILES string of the molecule is CC(C)CNC(=S)Nc1nn(Cc2ccc(F)cc2)cc1Cl. The van der Waals surface area contributed by atoms with E-state index in [1.54, 1.807) is 23.0 Å². The van der Waals surface area contributed by atoms with Crippen molar-refractivity contribution in [3.05, 3.63) is 46.9 Å². The van der Waals surface area contributed by atoms with Gasteiger partial charge in [0.15, 0.2) is 10.9 Å². The van der Waals surface area contributed by atoms with Crippen molar-refractivity contribution in [3.8, 4) is 0 Å². The second-order valence-corrected chi connectivity index (χ2v) is 6.19. The average molecular weight is 341 g/mol. The van der Waals surface area contributed by atoms with Gasteiger partial charge >= 0.3 is 0 Å². The Hall–Kier alpha value is -1.66. The Kier molecular flexibility index (Phi) is 5.74. The number of rotatable bonds is 5. The molecule has 0 bridgehead atoms. The summed E-state index contributed by atoms with van der Waals surface area (Å²) in [5.74, 6) is 0.738. The Morgan fingerprint density at radius 1 is 1.36 bits per heavy atom. The number of benzene rings is 1. The predicted octanol–water partition coefficient (Wildman–Crippen LogP) is 3.67. The zero-order valence-electron chi connectivity index (χ0n) is 12.4. The zero-order chi connectivity index (χ0) is 16.1. The molecule has 2 N–H and O–H groups in total. The topological polar surface area (TPSA) is 41.9 Å². The van der Waals surface area contributed by atoms with E-state index >= 15 is 0 Å². The molecule has 0 aliphatic rings. The molecule has 118 valence electrons. The summed E-state index contributed by atoms with van der Waals surface area (Å²) in [7, 11) is 0. The normalized spacial score (nSPS) is 10.8. The molecule has 0 saturated heterocycles. The van der Waals surface area contributed by atoms with Crippen LogP contribution < -0.4 is 10.6 Å². The molecule has 0 amide bonds. The highest BCUT2D eigenvalue weighted by Gasteiger charge is 2.09. The van der Waals surface area contributed by atoms with E-state index in [0.29, 0.717) is 28.4 Å². The predicted molar refractivity (Wildman–Crippen MR) is 91.8 cm³/mol. The fourth-order valence-electron chi connectivity index (χ4n) is 1.79. The summed E-state index contributed by atoms with van der Waals surface area (Å²) in [6.45, 7) is 5.48. The lowest BCUT2D eigenvalue weighted by Crippen LogP contribution is -2.31. The third-order valence-corrected chi connectivity index (χ3v) is 3.40. The lowest BCUT2D eigenvalue weighted by molar-refractivity contribution is 0.624. The molecule has 0 aliphatic heterocycles. The molecule has 0 aliphatic carbocycles. The van der Waals surface area contributed by atoms with Gasteiger partial charge in [0.2, 0.25) is 0 Å². The fourth-order valence-corrected chi connectivity index (χ4v) is 2.17. The molecule has 1 aromatic heterocycles. The molecule has 0 fully saturated rings. The molecule has 2 aromatic rings. The Morgan fingerprint density at radius 2 is 2.05 bits per heavy atom. The Labute approximate surface area is 139 Å². The van der Waals surface area contributed by atoms with Gasteiger partial charge in [0, 0.05) is 12.7 Å². The van der Waals surface area contributed by atoms with Crippen LogP contribution in [0.5, 0.6) is 0 Å². The highest BCUT2D eigenvalue weighted by molar-refractivity contribution is 7.80. The van der Waals surface area contributed by atoms with Crippen LogP contribution in [0.1, 0.15) is 19.4 Å². The van der Waals surface area contributed by atoms with Gasteiger partial charge in [0.05, 0.1) is 6.54 Å². The maximum atomic E-state index is 12.9. The number of anilines is 1. The van der Waals surface area contributed by atoms with E-state index in [-0.39, 0.29) is 5.82 Å². The van der Waals surface area contributed by atoms with Gasteiger partial charge in [-0.05, 0) is 35.8 Å². The van der Waals surface area contributed by atoms with Crippen molar-refractivity contribution in [1.29, 1.82) is 0 Å². The first-order chi connectivity index (χ1) is 10.4. The smallest absolute Gasteiger partial charge is 0.173 e. The largest absolute Gasteiger partial charge is 0.362 e. The van der Waals surface area contributed by atoms with Crippen LogP contribution in [-0.2, 0) is 6.54 Å². The van der Waals surface area contributed by atoms with Crippen LogP contribution in [0.15, 0.2) is 30.5 Å². The molecule has 0 radical (unpaired) electrons. The van der Waals surface area contributed by atoms with Crippen molar-refractivity contribution in [2.45, 2.75) is 20.4 Å². The van der Waals surface area contributed by atoms with Crippen molar-refractivity contribution in [1.82, 2.24) is 15.1 Å². The third kappa shape index (κ3) is 4.96. The van der Waals surface area contributed by atoms with Gasteiger partial charge in [-0.25, -0.2) is 4.39 Å². The molecule has 1 heterocycles. The highest BCUT2D eigenvalue weighted by atomic mass is 35.5. The van der Waals surface area contributed by atoms with E-state index in [0.717, 1.165) is 12.1 Å². The Balaban J connectivity index is 1.98. The number of nitrogens with zero attached hydrogens (tertiary/aromatic N) is 2. The maximum absolute atomic E-state index is 12.9. The van der Waals surface area contributed by atoms with Crippen molar-refractivity contribution >= 4 is 34.7 Å². The summed E-state index contributed by atoms with van der Waals surface area (Å²) in [6, 6.07) is 6.27. The second kappa shape index (κ2) is 7.56. The summed E-state index contributed by atoms with van der Waals surface area (Å²) in [4.78, 5) is 0. The summed E-state index contributed by atoms with van der Waals surface area (Å²) in [5, 5.41) is 11.4. The third-order valence-electron chi connectivity index (χ3n) is 2.88. The monoisotopic (exact) mass is 340 g/mol. The van der Waals surface area contributed by atoms with Crippen LogP contribution in [0, 0.1) is 11.7 Å². The van der Waals surface area contributed by atoms with Gasteiger partial charge in [-0.2, -0.15) is 5.10 Å². The van der Waals surface area contributed by atoms with Crippen LogP contribution in [0.4, 0.5) is 10.2 Å². The average Bonchev–Trinajstić information content (AvgIpc) is 2.79. The standard InChI is InChI=1S/C15H18ClFN4S/c1-10(2)7-18-15(22)19-14-13(16)9-21(20-14)8-11-3-5-12(17)6-4-11/h3-6,9-10H,7-8H2,1-2H3,(H2,18,19,20,22). The minimum atomic E-state index is -0.258. The number of nitrogens with one attached hydrogen (secondary N) is 2. The first kappa shape index (κ1) is 16.7. The van der Waals surface area contributed by atoms with Crippen LogP contribution in [0.2, 0.25) is 5.02 Å². The molecule has 0 unspecified atom stereocenters. The first-order valence-electron chi connectivity index (χ1n) is 6.96. The van der Waals surface area contributed by atoms with E-state index in [9.17, 15) is 4.39 Å². The zero-order valence-corrected chi connectivity index (χ0v) is 14.0. The molecule has 22 heavy (non-hydrogen) atoms. The number of hydrogen-bond acceptors (Lipinski definition) is 2. The van der Waals surface area contributed by atoms with Gasteiger partial charge in [-0.15, -0.1) is 0 Å². The second-order valence-electron chi connectivity index (χ2n) is 5.38. The van der Waals surface area contributed by atoms with Gasteiger partial charge in [0.1, 0.15) is 10.8 Å². The lowest BCUT2D eigenvalue weighted by atomic mass is 10.2. The molecule has 1 aromatic carbocycles. The summed E-state index contributed by atoms with van der Waals surface area (Å²) in [6.07, 6.45) is 1.71. The lowest BCUT2D eigenvalue weighted by Gasteiger charge is -2.10. The highest BCUT2D eigenvalue weighted by Crippen LogP contribution is 2.20. The molecular weight excluding hydrogens is 323 g/mol. The molecule has 0 saturated carbocycles. The molecule has 0 spiro atoms. The van der Waals surface area contributed by atoms with Crippen molar-refractivity contribution in [3.63, 3.8) is 0 Å². The van der Waals surface area contributed by atoms with Crippen molar-refractivity contribution in [2.75, 3.05) is 11.9 Å². The van der Waals surface area contributed by atoms with Gasteiger partial charge in [0.25, 0.3) is 0 Å². The fraction of sp³-hybridized carbons (Fsp3) is 0.333. The van der Waals surface area contributed by atoms with Gasteiger partial charge in [-0.1, -0.05) is 37.6 Å². The number of aromatic nitrogens is 2. The number of halogens is 2. The van der Waals surface area contributed by atoms with E-state index in [1.165, 1.54) is 12.1 Å². The molecule has 7 heteroatoms. The van der Waals surface area contributed by atoms with Gasteiger partial charge < -0.3 is 10.6 Å². The van der Waals surface area contributed by atoms with Crippen molar-refractivity contribution < 1.29 is 4.39 Å². The van der Waals surface area contributed by atoms with Crippen LogP contribution in [0.3, 0.4) is 0 Å². The molecule has 0 atom stereocenters. The number of thiocarbonyl (C=S) groups is 1. The maximum Gasteiger partial charge on any atom is 0.173 e. The van der Waals surface area contributed by atoms with Crippen LogP contribution >= 0.6 is 23.8 Å².